The van der Waals surface area contributed by atoms with Crippen LogP contribution in [0.1, 0.15) is 5.56 Å². The zero-order chi connectivity index (χ0) is 12.3. The van der Waals surface area contributed by atoms with E-state index in [4.69, 9.17) is 4.74 Å². The third kappa shape index (κ3) is 2.37. The van der Waals surface area contributed by atoms with Gasteiger partial charge in [-0.1, -0.05) is 54.4 Å². The first-order valence-electron chi connectivity index (χ1n) is 5.41. The fraction of sp³-hybridized carbons (Fsp3) is 0.308. The SMILES string of the molecule is CO[C@H]1C(=O)N(SC)[C@H]1/C=C/c1ccccc1. The van der Waals surface area contributed by atoms with Crippen molar-refractivity contribution in [2.24, 2.45) is 0 Å². The molecule has 0 saturated carbocycles. The van der Waals surface area contributed by atoms with E-state index in [0.717, 1.165) is 5.56 Å². The van der Waals surface area contributed by atoms with Crippen molar-refractivity contribution in [1.82, 2.24) is 4.31 Å². The second kappa shape index (κ2) is 5.38. The van der Waals surface area contributed by atoms with Crippen molar-refractivity contribution >= 4 is 23.9 Å². The summed E-state index contributed by atoms with van der Waals surface area (Å²) in [6.07, 6.45) is 5.60. The second-order valence-corrected chi connectivity index (χ2v) is 4.52. The molecule has 0 spiro atoms. The van der Waals surface area contributed by atoms with Crippen LogP contribution in [0.5, 0.6) is 0 Å². The maximum Gasteiger partial charge on any atom is 0.264 e. The Kier molecular flexibility index (Phi) is 3.86. The first-order chi connectivity index (χ1) is 8.27. The summed E-state index contributed by atoms with van der Waals surface area (Å²) in [5.74, 6) is 0.0442. The van der Waals surface area contributed by atoms with Crippen LogP contribution in [-0.2, 0) is 9.53 Å². The molecular weight excluding hydrogens is 234 g/mol. The molecule has 4 heteroatoms. The molecule has 0 aliphatic carbocycles. The van der Waals surface area contributed by atoms with Gasteiger partial charge in [-0.2, -0.15) is 0 Å². The molecule has 2 atom stereocenters. The molecule has 0 unspecified atom stereocenters. The van der Waals surface area contributed by atoms with Crippen molar-refractivity contribution in [3.8, 4) is 0 Å². The van der Waals surface area contributed by atoms with E-state index in [9.17, 15) is 4.79 Å². The van der Waals surface area contributed by atoms with Gasteiger partial charge in [-0.15, -0.1) is 0 Å². The number of hydrogen-bond donors (Lipinski definition) is 0. The van der Waals surface area contributed by atoms with Crippen molar-refractivity contribution in [2.75, 3.05) is 13.4 Å². The van der Waals surface area contributed by atoms with Gasteiger partial charge < -0.3 is 4.74 Å². The highest BCUT2D eigenvalue weighted by Gasteiger charge is 2.46. The van der Waals surface area contributed by atoms with E-state index >= 15 is 0 Å². The number of methoxy groups -OCH3 is 1. The van der Waals surface area contributed by atoms with Crippen LogP contribution in [0.4, 0.5) is 0 Å². The summed E-state index contributed by atoms with van der Waals surface area (Å²) in [4.78, 5) is 11.6. The first kappa shape index (κ1) is 12.2. The molecule has 1 fully saturated rings. The van der Waals surface area contributed by atoms with Gasteiger partial charge in [-0.3, -0.25) is 9.10 Å². The Hall–Kier alpha value is -1.26. The molecule has 1 aliphatic rings. The van der Waals surface area contributed by atoms with E-state index in [2.05, 4.69) is 0 Å². The number of rotatable bonds is 4. The van der Waals surface area contributed by atoms with Crippen molar-refractivity contribution in [3.05, 3.63) is 42.0 Å². The van der Waals surface area contributed by atoms with Crippen molar-refractivity contribution in [3.63, 3.8) is 0 Å². The Morgan fingerprint density at radius 1 is 1.35 bits per heavy atom. The van der Waals surface area contributed by atoms with Crippen LogP contribution in [0, 0.1) is 0 Å². The van der Waals surface area contributed by atoms with Crippen LogP contribution in [-0.4, -0.2) is 35.7 Å². The summed E-state index contributed by atoms with van der Waals surface area (Å²) < 4.78 is 6.91. The molecule has 90 valence electrons. The summed E-state index contributed by atoms with van der Waals surface area (Å²) >= 11 is 1.43. The maximum atomic E-state index is 11.6. The minimum atomic E-state index is -0.331. The normalized spacial score (nSPS) is 24.1. The van der Waals surface area contributed by atoms with Crippen molar-refractivity contribution in [1.29, 1.82) is 0 Å². The van der Waals surface area contributed by atoms with Gasteiger partial charge >= 0.3 is 0 Å². The zero-order valence-corrected chi connectivity index (χ0v) is 10.7. The lowest BCUT2D eigenvalue weighted by Crippen LogP contribution is -2.61. The number of benzene rings is 1. The number of ether oxygens (including phenoxy) is 1. The van der Waals surface area contributed by atoms with Crippen LogP contribution in [0.2, 0.25) is 0 Å². The van der Waals surface area contributed by atoms with Gasteiger partial charge in [0.2, 0.25) is 0 Å². The highest BCUT2D eigenvalue weighted by Crippen LogP contribution is 2.30. The minimum Gasteiger partial charge on any atom is -0.369 e. The Morgan fingerprint density at radius 2 is 2.06 bits per heavy atom. The largest absolute Gasteiger partial charge is 0.369 e. The lowest BCUT2D eigenvalue weighted by Gasteiger charge is -2.42. The average Bonchev–Trinajstić information content (AvgIpc) is 2.36. The summed E-state index contributed by atoms with van der Waals surface area (Å²) in [7, 11) is 1.57. The third-order valence-electron chi connectivity index (χ3n) is 2.78. The summed E-state index contributed by atoms with van der Waals surface area (Å²) in [5, 5.41) is 0. The number of carbonyl (C=O) groups excluding carboxylic acids is 1. The van der Waals surface area contributed by atoms with Crippen LogP contribution in [0.3, 0.4) is 0 Å². The van der Waals surface area contributed by atoms with E-state index in [-0.39, 0.29) is 18.1 Å². The summed E-state index contributed by atoms with van der Waals surface area (Å²) in [6.45, 7) is 0. The fourth-order valence-corrected chi connectivity index (χ4v) is 2.57. The molecule has 1 saturated heterocycles. The van der Waals surface area contributed by atoms with E-state index in [1.165, 1.54) is 11.9 Å². The molecule has 0 bridgehead atoms. The molecule has 1 heterocycles. The third-order valence-corrected chi connectivity index (χ3v) is 3.59. The monoisotopic (exact) mass is 249 g/mol. The number of hydrogen-bond acceptors (Lipinski definition) is 3. The summed E-state index contributed by atoms with van der Waals surface area (Å²) in [5.41, 5.74) is 1.13. The fourth-order valence-electron chi connectivity index (χ4n) is 1.86. The smallest absolute Gasteiger partial charge is 0.264 e. The van der Waals surface area contributed by atoms with Crippen LogP contribution >= 0.6 is 11.9 Å². The molecule has 0 N–H and O–H groups in total. The van der Waals surface area contributed by atoms with E-state index in [0.29, 0.717) is 0 Å². The molecule has 17 heavy (non-hydrogen) atoms. The summed E-state index contributed by atoms with van der Waals surface area (Å²) in [6, 6.07) is 10.1. The van der Waals surface area contributed by atoms with Crippen LogP contribution in [0.25, 0.3) is 6.08 Å². The molecule has 3 nitrogen and oxygen atoms in total. The van der Waals surface area contributed by atoms with Gasteiger partial charge in [0.15, 0.2) is 6.10 Å². The van der Waals surface area contributed by atoms with Crippen molar-refractivity contribution in [2.45, 2.75) is 12.1 Å². The number of carbonyl (C=O) groups is 1. The van der Waals surface area contributed by atoms with E-state index in [1.54, 1.807) is 11.4 Å². The number of amides is 1. The van der Waals surface area contributed by atoms with E-state index in [1.807, 2.05) is 48.7 Å². The molecule has 1 aromatic rings. The van der Waals surface area contributed by atoms with Crippen LogP contribution < -0.4 is 0 Å². The number of nitrogens with zero attached hydrogens (tertiary/aromatic N) is 1. The average molecular weight is 249 g/mol. The predicted octanol–water partition coefficient (Wildman–Crippen LogP) is 2.20. The number of β-lactam (4-membered cyclic amide) rings is 1. The predicted molar refractivity (Wildman–Crippen MR) is 70.4 cm³/mol. The molecule has 0 radical (unpaired) electrons. The molecule has 2 rings (SSSR count). The van der Waals surface area contributed by atoms with Gasteiger partial charge in [-0.05, 0) is 5.56 Å². The zero-order valence-electron chi connectivity index (χ0n) is 9.87. The lowest BCUT2D eigenvalue weighted by molar-refractivity contribution is -0.154. The lowest BCUT2D eigenvalue weighted by atomic mass is 10.0. The van der Waals surface area contributed by atoms with Gasteiger partial charge in [0, 0.05) is 13.4 Å². The first-order valence-corrected chi connectivity index (χ1v) is 6.59. The van der Waals surface area contributed by atoms with Crippen molar-refractivity contribution < 1.29 is 9.53 Å². The molecular formula is C13H15NO2S. The van der Waals surface area contributed by atoms with Gasteiger partial charge in [0.25, 0.3) is 5.91 Å². The molecule has 1 aromatic carbocycles. The topological polar surface area (TPSA) is 29.5 Å². The highest BCUT2D eigenvalue weighted by atomic mass is 32.2. The second-order valence-electron chi connectivity index (χ2n) is 3.76. The molecule has 0 aromatic heterocycles. The van der Waals surface area contributed by atoms with Gasteiger partial charge in [0.05, 0.1) is 6.04 Å². The Balaban J connectivity index is 2.07. The molecule has 1 amide bonds. The van der Waals surface area contributed by atoms with E-state index < -0.39 is 0 Å². The quantitative estimate of drug-likeness (QED) is 0.605. The Morgan fingerprint density at radius 3 is 2.65 bits per heavy atom. The highest BCUT2D eigenvalue weighted by molar-refractivity contribution is 7.96. The van der Waals surface area contributed by atoms with Gasteiger partial charge in [0.1, 0.15) is 0 Å². The maximum absolute atomic E-state index is 11.6. The van der Waals surface area contributed by atoms with Gasteiger partial charge in [-0.25, -0.2) is 0 Å². The molecule has 1 aliphatic heterocycles. The standard InChI is InChI=1S/C13H15NO2S/c1-16-12-11(14(17-2)13(12)15)9-8-10-6-4-3-5-7-10/h3-9,11-12H,1-2H3/b9-8+/t11-,12+/m0/s1. The minimum absolute atomic E-state index is 0.0303. The Labute approximate surface area is 106 Å². The Bertz CT molecular complexity index is 405. The van der Waals surface area contributed by atoms with Crippen LogP contribution in [0.15, 0.2) is 36.4 Å².